The number of benzene rings is 1. The van der Waals surface area contributed by atoms with E-state index in [0.29, 0.717) is 17.7 Å². The molecule has 3 nitrogen and oxygen atoms in total. The third-order valence-corrected chi connectivity index (χ3v) is 4.15. The highest BCUT2D eigenvalue weighted by atomic mass is 79.9. The summed E-state index contributed by atoms with van der Waals surface area (Å²) in [5.74, 6) is 0.884. The topological polar surface area (TPSA) is 35.5 Å². The summed E-state index contributed by atoms with van der Waals surface area (Å²) in [6.07, 6.45) is 2.36. The molecule has 2 aliphatic rings. The third kappa shape index (κ3) is 1.97. The van der Waals surface area contributed by atoms with Crippen molar-refractivity contribution in [2.45, 2.75) is 37.9 Å². The second-order valence-electron chi connectivity index (χ2n) is 5.01. The summed E-state index contributed by atoms with van der Waals surface area (Å²) < 4.78 is 12.5. The minimum absolute atomic E-state index is 0.179. The van der Waals surface area contributed by atoms with Crippen molar-refractivity contribution in [1.82, 2.24) is 0 Å². The molecule has 1 aliphatic heterocycles. The molecule has 96 valence electrons. The van der Waals surface area contributed by atoms with Crippen LogP contribution in [0.4, 0.5) is 0 Å². The van der Waals surface area contributed by atoms with Gasteiger partial charge >= 0.3 is 0 Å². The van der Waals surface area contributed by atoms with Gasteiger partial charge in [0.15, 0.2) is 5.78 Å². The Morgan fingerprint density at radius 3 is 3.00 bits per heavy atom. The van der Waals surface area contributed by atoms with Gasteiger partial charge in [-0.25, -0.2) is 0 Å². The zero-order valence-electron chi connectivity index (χ0n) is 10.2. The van der Waals surface area contributed by atoms with Crippen LogP contribution >= 0.6 is 15.9 Å². The maximum absolute atomic E-state index is 12.1. The van der Waals surface area contributed by atoms with Crippen molar-refractivity contribution in [1.29, 1.82) is 0 Å². The van der Waals surface area contributed by atoms with Gasteiger partial charge in [0.1, 0.15) is 11.4 Å². The van der Waals surface area contributed by atoms with E-state index in [0.717, 1.165) is 23.9 Å². The average Bonchev–Trinajstić information content (AvgIpc) is 2.26. The summed E-state index contributed by atoms with van der Waals surface area (Å²) in [5.41, 5.74) is 0.383. The molecule has 0 saturated heterocycles. The molecule has 1 heterocycles. The first-order valence-corrected chi connectivity index (χ1v) is 7.04. The number of hydrogen-bond donors (Lipinski definition) is 0. The zero-order valence-corrected chi connectivity index (χ0v) is 11.8. The molecule has 4 heteroatoms. The Hall–Kier alpha value is -0.870. The van der Waals surface area contributed by atoms with Gasteiger partial charge in [-0.3, -0.25) is 4.79 Å². The van der Waals surface area contributed by atoms with Crippen molar-refractivity contribution >= 4 is 21.7 Å². The fourth-order valence-electron chi connectivity index (χ4n) is 2.82. The van der Waals surface area contributed by atoms with Gasteiger partial charge in [-0.2, -0.15) is 0 Å². The lowest BCUT2D eigenvalue weighted by atomic mass is 9.72. The predicted molar refractivity (Wildman–Crippen MR) is 71.1 cm³/mol. The first-order valence-electron chi connectivity index (χ1n) is 6.25. The maximum atomic E-state index is 12.1. The standard InChI is InChI=1S/C14H15BrO3/c1-2-17-10-6-14(7-10)8-12(16)11-4-3-9(15)5-13(11)18-14/h3-5,10H,2,6-8H2,1H3. The summed E-state index contributed by atoms with van der Waals surface area (Å²) in [4.78, 5) is 12.1. The number of rotatable bonds is 2. The number of Topliss-reactive ketones (excluding diaryl/α,β-unsaturated/α-hetero) is 1. The van der Waals surface area contributed by atoms with Crippen molar-refractivity contribution in [3.8, 4) is 5.75 Å². The zero-order chi connectivity index (χ0) is 12.8. The van der Waals surface area contributed by atoms with Gasteiger partial charge in [-0.05, 0) is 25.1 Å². The largest absolute Gasteiger partial charge is 0.486 e. The summed E-state index contributed by atoms with van der Waals surface area (Å²) in [5, 5.41) is 0. The van der Waals surface area contributed by atoms with Gasteiger partial charge in [-0.1, -0.05) is 15.9 Å². The van der Waals surface area contributed by atoms with Crippen LogP contribution in [0.5, 0.6) is 5.75 Å². The SMILES string of the molecule is CCOC1CC2(CC(=O)c3ccc(Br)cc3O2)C1. The fraction of sp³-hybridized carbons (Fsp3) is 0.500. The van der Waals surface area contributed by atoms with Gasteiger partial charge in [0, 0.05) is 23.9 Å². The molecule has 0 atom stereocenters. The van der Waals surface area contributed by atoms with E-state index in [9.17, 15) is 4.79 Å². The molecule has 0 unspecified atom stereocenters. The van der Waals surface area contributed by atoms with Crippen molar-refractivity contribution in [3.63, 3.8) is 0 Å². The van der Waals surface area contributed by atoms with E-state index in [1.807, 2.05) is 25.1 Å². The molecule has 0 aromatic heterocycles. The van der Waals surface area contributed by atoms with Gasteiger partial charge in [0.2, 0.25) is 0 Å². The Bertz CT molecular complexity index is 492. The third-order valence-electron chi connectivity index (χ3n) is 3.65. The van der Waals surface area contributed by atoms with Crippen LogP contribution < -0.4 is 4.74 Å². The number of fused-ring (bicyclic) bond motifs is 1. The summed E-state index contributed by atoms with van der Waals surface area (Å²) >= 11 is 3.41. The van der Waals surface area contributed by atoms with Crippen LogP contribution in [0.1, 0.15) is 36.5 Å². The normalized spacial score (nSPS) is 29.7. The Kier molecular flexibility index (Phi) is 2.94. The summed E-state index contributed by atoms with van der Waals surface area (Å²) in [6.45, 7) is 2.71. The number of ketones is 1. The lowest BCUT2D eigenvalue weighted by Gasteiger charge is -2.48. The van der Waals surface area contributed by atoms with Crippen LogP contribution in [-0.4, -0.2) is 24.1 Å². The van der Waals surface area contributed by atoms with Crippen LogP contribution in [-0.2, 0) is 4.74 Å². The van der Waals surface area contributed by atoms with E-state index in [2.05, 4.69) is 15.9 Å². The van der Waals surface area contributed by atoms with E-state index in [4.69, 9.17) is 9.47 Å². The molecule has 0 N–H and O–H groups in total. The molecule has 1 aliphatic carbocycles. The molecule has 3 rings (SSSR count). The van der Waals surface area contributed by atoms with Crippen LogP contribution in [0.2, 0.25) is 0 Å². The van der Waals surface area contributed by atoms with Crippen molar-refractivity contribution in [3.05, 3.63) is 28.2 Å². The minimum atomic E-state index is -0.315. The van der Waals surface area contributed by atoms with Crippen molar-refractivity contribution in [2.24, 2.45) is 0 Å². The van der Waals surface area contributed by atoms with Gasteiger partial charge in [0.25, 0.3) is 0 Å². The number of hydrogen-bond acceptors (Lipinski definition) is 3. The van der Waals surface area contributed by atoms with Gasteiger partial charge < -0.3 is 9.47 Å². The highest BCUT2D eigenvalue weighted by Gasteiger charge is 2.51. The minimum Gasteiger partial charge on any atom is -0.486 e. The molecule has 1 saturated carbocycles. The Labute approximate surface area is 115 Å². The second kappa shape index (κ2) is 4.35. The maximum Gasteiger partial charge on any atom is 0.170 e. The van der Waals surface area contributed by atoms with Crippen LogP contribution in [0.25, 0.3) is 0 Å². The summed E-state index contributed by atoms with van der Waals surface area (Å²) in [6, 6.07) is 5.58. The van der Waals surface area contributed by atoms with Crippen LogP contribution in [0.3, 0.4) is 0 Å². The molecular formula is C14H15BrO3. The molecule has 0 amide bonds. The quantitative estimate of drug-likeness (QED) is 0.840. The second-order valence-corrected chi connectivity index (χ2v) is 5.93. The van der Waals surface area contributed by atoms with E-state index in [-0.39, 0.29) is 17.5 Å². The Balaban J connectivity index is 1.82. The monoisotopic (exact) mass is 310 g/mol. The van der Waals surface area contributed by atoms with Gasteiger partial charge in [0.05, 0.1) is 18.1 Å². The summed E-state index contributed by atoms with van der Waals surface area (Å²) in [7, 11) is 0. The highest BCUT2D eigenvalue weighted by Crippen LogP contribution is 2.46. The van der Waals surface area contributed by atoms with Crippen LogP contribution in [0, 0.1) is 0 Å². The highest BCUT2D eigenvalue weighted by molar-refractivity contribution is 9.10. The van der Waals surface area contributed by atoms with E-state index in [1.165, 1.54) is 0 Å². The first kappa shape index (κ1) is 12.2. The molecule has 0 bridgehead atoms. The molecule has 1 aromatic carbocycles. The molecule has 18 heavy (non-hydrogen) atoms. The molecule has 1 fully saturated rings. The van der Waals surface area contributed by atoms with Crippen molar-refractivity contribution < 1.29 is 14.3 Å². The molecule has 1 aromatic rings. The van der Waals surface area contributed by atoms with E-state index in [1.54, 1.807) is 0 Å². The predicted octanol–water partition coefficient (Wildman–Crippen LogP) is 3.35. The van der Waals surface area contributed by atoms with Gasteiger partial charge in [-0.15, -0.1) is 0 Å². The molecular weight excluding hydrogens is 296 g/mol. The smallest absolute Gasteiger partial charge is 0.170 e. The van der Waals surface area contributed by atoms with E-state index < -0.39 is 0 Å². The number of carbonyl (C=O) groups is 1. The first-order chi connectivity index (χ1) is 8.62. The average molecular weight is 311 g/mol. The van der Waals surface area contributed by atoms with Crippen LogP contribution in [0.15, 0.2) is 22.7 Å². The number of ether oxygens (including phenoxy) is 2. The number of carbonyl (C=O) groups excluding carboxylic acids is 1. The molecule has 0 radical (unpaired) electrons. The van der Waals surface area contributed by atoms with Crippen molar-refractivity contribution in [2.75, 3.05) is 6.61 Å². The van der Waals surface area contributed by atoms with E-state index >= 15 is 0 Å². The lowest BCUT2D eigenvalue weighted by Crippen LogP contribution is -2.55. The molecule has 1 spiro atoms. The lowest BCUT2D eigenvalue weighted by molar-refractivity contribution is -0.123. The Morgan fingerprint density at radius 2 is 2.28 bits per heavy atom. The Morgan fingerprint density at radius 1 is 1.50 bits per heavy atom. The number of halogens is 1. The fourth-order valence-corrected chi connectivity index (χ4v) is 3.16.